The molecule has 0 radical (unpaired) electrons. The van der Waals surface area contributed by atoms with Gasteiger partial charge in [-0.25, -0.2) is 4.68 Å². The van der Waals surface area contributed by atoms with Gasteiger partial charge in [-0.2, -0.15) is 10.2 Å². The summed E-state index contributed by atoms with van der Waals surface area (Å²) in [6.45, 7) is 1.98. The van der Waals surface area contributed by atoms with Crippen molar-refractivity contribution in [1.82, 2.24) is 20.0 Å². The molecule has 1 N–H and O–H groups in total. The van der Waals surface area contributed by atoms with Crippen LogP contribution in [-0.4, -0.2) is 26.0 Å². The number of aromatic nitrogens is 4. The first kappa shape index (κ1) is 15.7. The van der Waals surface area contributed by atoms with Crippen LogP contribution in [0.1, 0.15) is 37.4 Å². The zero-order valence-corrected chi connectivity index (χ0v) is 14.2. The molecule has 0 atom stereocenters. The van der Waals surface area contributed by atoms with Crippen molar-refractivity contribution in [1.29, 1.82) is 0 Å². The summed E-state index contributed by atoms with van der Waals surface area (Å²) in [5.74, 6) is 0.847. The summed E-state index contributed by atoms with van der Waals surface area (Å²) in [5.41, 5.74) is 0.925. The molecule has 0 unspecified atom stereocenters. The SMILES string of the molecule is Cc1nnc(NC2CCC(n3ncccc3=O)CC2)c2ccccc12. The Morgan fingerprint density at radius 3 is 2.52 bits per heavy atom. The molecule has 6 heteroatoms. The van der Waals surface area contributed by atoms with Crippen LogP contribution in [0.5, 0.6) is 0 Å². The average molecular weight is 335 g/mol. The maximum Gasteiger partial charge on any atom is 0.266 e. The predicted octanol–water partition coefficient (Wildman–Crippen LogP) is 3.09. The first-order valence-corrected chi connectivity index (χ1v) is 8.75. The highest BCUT2D eigenvalue weighted by Gasteiger charge is 2.24. The van der Waals surface area contributed by atoms with E-state index in [9.17, 15) is 4.79 Å². The molecule has 0 spiro atoms. The molecule has 1 fully saturated rings. The van der Waals surface area contributed by atoms with Crippen LogP contribution in [0, 0.1) is 6.92 Å². The Kier molecular flexibility index (Phi) is 4.17. The maximum atomic E-state index is 11.9. The fraction of sp³-hybridized carbons (Fsp3) is 0.368. The number of fused-ring (bicyclic) bond motifs is 1. The van der Waals surface area contributed by atoms with Gasteiger partial charge < -0.3 is 5.32 Å². The topological polar surface area (TPSA) is 72.7 Å². The van der Waals surface area contributed by atoms with Crippen molar-refractivity contribution in [3.63, 3.8) is 0 Å². The molecule has 25 heavy (non-hydrogen) atoms. The largest absolute Gasteiger partial charge is 0.365 e. The minimum absolute atomic E-state index is 0.0192. The van der Waals surface area contributed by atoms with Crippen molar-refractivity contribution < 1.29 is 0 Å². The van der Waals surface area contributed by atoms with Gasteiger partial charge in [0.15, 0.2) is 5.82 Å². The van der Waals surface area contributed by atoms with Crippen molar-refractivity contribution in [2.75, 3.05) is 5.32 Å². The summed E-state index contributed by atoms with van der Waals surface area (Å²) in [7, 11) is 0. The lowest BCUT2D eigenvalue weighted by atomic mass is 9.91. The minimum atomic E-state index is -0.0192. The highest BCUT2D eigenvalue weighted by molar-refractivity contribution is 5.92. The number of hydrogen-bond acceptors (Lipinski definition) is 5. The van der Waals surface area contributed by atoms with Gasteiger partial charge in [-0.3, -0.25) is 4.79 Å². The molecule has 0 bridgehead atoms. The van der Waals surface area contributed by atoms with Gasteiger partial charge in [-0.15, -0.1) is 5.10 Å². The number of aryl methyl sites for hydroxylation is 1. The van der Waals surface area contributed by atoms with Crippen molar-refractivity contribution in [2.45, 2.75) is 44.7 Å². The van der Waals surface area contributed by atoms with Crippen molar-refractivity contribution >= 4 is 16.6 Å². The Labute approximate surface area is 145 Å². The molecule has 128 valence electrons. The second kappa shape index (κ2) is 6.63. The van der Waals surface area contributed by atoms with Gasteiger partial charge in [0.1, 0.15) is 0 Å². The van der Waals surface area contributed by atoms with Gasteiger partial charge in [-0.05, 0) is 38.7 Å². The summed E-state index contributed by atoms with van der Waals surface area (Å²) in [5, 5.41) is 18.7. The molecule has 1 aliphatic rings. The smallest absolute Gasteiger partial charge is 0.266 e. The standard InChI is InChI=1S/C19H21N5O/c1-13-16-5-2-3-6-17(16)19(23-22-13)21-14-8-10-15(11-9-14)24-18(25)7-4-12-20-24/h2-7,12,14-15H,8-11H2,1H3,(H,21,23). The summed E-state index contributed by atoms with van der Waals surface area (Å²) in [6.07, 6.45) is 5.52. The molecule has 6 nitrogen and oxygen atoms in total. The molecule has 0 saturated heterocycles. The Hall–Kier alpha value is -2.76. The van der Waals surface area contributed by atoms with Crippen molar-refractivity contribution in [2.24, 2.45) is 0 Å². The van der Waals surface area contributed by atoms with Gasteiger partial charge in [-0.1, -0.05) is 24.3 Å². The Balaban J connectivity index is 1.49. The van der Waals surface area contributed by atoms with Crippen LogP contribution >= 0.6 is 0 Å². The molecule has 0 amide bonds. The molecule has 3 aromatic rings. The van der Waals surface area contributed by atoms with Crippen LogP contribution in [0.4, 0.5) is 5.82 Å². The van der Waals surface area contributed by atoms with Gasteiger partial charge in [0.2, 0.25) is 0 Å². The Bertz CT molecular complexity index is 944. The third-order valence-corrected chi connectivity index (χ3v) is 5.00. The monoisotopic (exact) mass is 335 g/mol. The maximum absolute atomic E-state index is 11.9. The normalized spacial score (nSPS) is 20.5. The minimum Gasteiger partial charge on any atom is -0.365 e. The zero-order valence-electron chi connectivity index (χ0n) is 14.2. The Morgan fingerprint density at radius 2 is 1.76 bits per heavy atom. The van der Waals surface area contributed by atoms with E-state index < -0.39 is 0 Å². The van der Waals surface area contributed by atoms with Crippen LogP contribution in [-0.2, 0) is 0 Å². The van der Waals surface area contributed by atoms with Crippen LogP contribution < -0.4 is 10.9 Å². The molecule has 2 aromatic heterocycles. The van der Waals surface area contributed by atoms with E-state index in [-0.39, 0.29) is 11.6 Å². The Morgan fingerprint density at radius 1 is 1.00 bits per heavy atom. The fourth-order valence-electron chi connectivity index (χ4n) is 3.65. The lowest BCUT2D eigenvalue weighted by Gasteiger charge is -2.29. The average Bonchev–Trinajstić information content (AvgIpc) is 2.65. The summed E-state index contributed by atoms with van der Waals surface area (Å²) in [4.78, 5) is 11.9. The fourth-order valence-corrected chi connectivity index (χ4v) is 3.65. The van der Waals surface area contributed by atoms with Gasteiger partial charge >= 0.3 is 0 Å². The summed E-state index contributed by atoms with van der Waals surface area (Å²) >= 11 is 0. The third kappa shape index (κ3) is 3.12. The van der Waals surface area contributed by atoms with Crippen LogP contribution in [0.3, 0.4) is 0 Å². The van der Waals surface area contributed by atoms with E-state index in [4.69, 9.17) is 0 Å². The molecule has 4 rings (SSSR count). The van der Waals surface area contributed by atoms with Crippen molar-refractivity contribution in [3.8, 4) is 0 Å². The first-order chi connectivity index (χ1) is 12.2. The van der Waals surface area contributed by atoms with Crippen LogP contribution in [0.2, 0.25) is 0 Å². The lowest BCUT2D eigenvalue weighted by Crippen LogP contribution is -2.33. The highest BCUT2D eigenvalue weighted by Crippen LogP contribution is 2.30. The van der Waals surface area contributed by atoms with E-state index in [1.165, 1.54) is 0 Å². The molecular weight excluding hydrogens is 314 g/mol. The molecular formula is C19H21N5O. The van der Waals surface area contributed by atoms with E-state index in [1.54, 1.807) is 23.0 Å². The highest BCUT2D eigenvalue weighted by atomic mass is 16.1. The zero-order chi connectivity index (χ0) is 17.2. The summed E-state index contributed by atoms with van der Waals surface area (Å²) in [6, 6.07) is 12.0. The molecule has 1 saturated carbocycles. The summed E-state index contributed by atoms with van der Waals surface area (Å²) < 4.78 is 1.62. The molecule has 1 aromatic carbocycles. The van der Waals surface area contributed by atoms with E-state index in [2.05, 4.69) is 32.7 Å². The number of hydrogen-bond donors (Lipinski definition) is 1. The number of anilines is 1. The quantitative estimate of drug-likeness (QED) is 0.796. The number of nitrogens with one attached hydrogen (secondary N) is 1. The second-order valence-electron chi connectivity index (χ2n) is 6.64. The van der Waals surface area contributed by atoms with Gasteiger partial charge in [0.05, 0.1) is 11.7 Å². The predicted molar refractivity (Wildman–Crippen MR) is 97.7 cm³/mol. The second-order valence-corrected chi connectivity index (χ2v) is 6.64. The number of nitrogens with zero attached hydrogens (tertiary/aromatic N) is 4. The molecule has 1 aliphatic carbocycles. The van der Waals surface area contributed by atoms with E-state index >= 15 is 0 Å². The van der Waals surface area contributed by atoms with Gasteiger partial charge in [0, 0.05) is 29.1 Å². The molecule has 2 heterocycles. The lowest BCUT2D eigenvalue weighted by molar-refractivity contribution is 0.303. The van der Waals surface area contributed by atoms with Crippen molar-refractivity contribution in [3.05, 3.63) is 58.6 Å². The number of benzene rings is 1. The van der Waals surface area contributed by atoms with E-state index in [0.29, 0.717) is 6.04 Å². The van der Waals surface area contributed by atoms with E-state index in [1.807, 2.05) is 19.1 Å². The van der Waals surface area contributed by atoms with E-state index in [0.717, 1.165) is 48.0 Å². The third-order valence-electron chi connectivity index (χ3n) is 5.00. The number of rotatable bonds is 3. The van der Waals surface area contributed by atoms with Crippen LogP contribution in [0.15, 0.2) is 47.4 Å². The first-order valence-electron chi connectivity index (χ1n) is 8.75. The molecule has 0 aliphatic heterocycles. The van der Waals surface area contributed by atoms with Gasteiger partial charge in [0.25, 0.3) is 5.56 Å². The van der Waals surface area contributed by atoms with Crippen LogP contribution in [0.25, 0.3) is 10.8 Å².